The first-order valence-corrected chi connectivity index (χ1v) is 6.74. The number of primary amides is 1. The molecular formula is C13H19BrN2O2. The topological polar surface area (TPSA) is 64.3 Å². The molecule has 0 saturated carbocycles. The van der Waals surface area contributed by atoms with E-state index in [1.807, 2.05) is 19.1 Å². The molecule has 0 heterocycles. The van der Waals surface area contributed by atoms with Gasteiger partial charge in [0, 0.05) is 16.6 Å². The zero-order chi connectivity index (χ0) is 13.5. The lowest BCUT2D eigenvalue weighted by atomic mass is 10.1. The van der Waals surface area contributed by atoms with Crippen molar-refractivity contribution in [2.45, 2.75) is 26.8 Å². The number of benzene rings is 1. The average molecular weight is 315 g/mol. The summed E-state index contributed by atoms with van der Waals surface area (Å²) in [6, 6.07) is 4.02. The van der Waals surface area contributed by atoms with Gasteiger partial charge in [-0.2, -0.15) is 0 Å². The lowest BCUT2D eigenvalue weighted by Gasteiger charge is -2.15. The van der Waals surface area contributed by atoms with Crippen molar-refractivity contribution in [2.24, 2.45) is 5.73 Å². The number of hydrogen-bond acceptors (Lipinski definition) is 3. The molecule has 1 amide bonds. The highest BCUT2D eigenvalue weighted by Gasteiger charge is 2.09. The summed E-state index contributed by atoms with van der Waals surface area (Å²) in [6.45, 7) is 5.99. The van der Waals surface area contributed by atoms with Crippen molar-refractivity contribution in [3.8, 4) is 5.75 Å². The number of amides is 1. The largest absolute Gasteiger partial charge is 0.492 e. The number of ether oxygens (including phenoxy) is 1. The lowest BCUT2D eigenvalue weighted by Crippen LogP contribution is -2.17. The Morgan fingerprint density at radius 1 is 1.50 bits per heavy atom. The molecule has 1 aromatic rings. The van der Waals surface area contributed by atoms with Crippen LogP contribution < -0.4 is 15.8 Å². The third kappa shape index (κ3) is 4.66. The second-order valence-electron chi connectivity index (χ2n) is 4.06. The van der Waals surface area contributed by atoms with Gasteiger partial charge in [-0.3, -0.25) is 4.79 Å². The molecule has 0 radical (unpaired) electrons. The molecule has 0 bridgehead atoms. The van der Waals surface area contributed by atoms with Crippen LogP contribution in [0.15, 0.2) is 16.6 Å². The van der Waals surface area contributed by atoms with Crippen LogP contribution in [0, 0.1) is 6.92 Å². The Bertz CT molecular complexity index is 422. The highest BCUT2D eigenvalue weighted by molar-refractivity contribution is 9.10. The molecule has 0 aliphatic carbocycles. The molecule has 0 atom stereocenters. The molecule has 100 valence electrons. The van der Waals surface area contributed by atoms with Crippen molar-refractivity contribution in [3.63, 3.8) is 0 Å². The molecular weight excluding hydrogens is 296 g/mol. The summed E-state index contributed by atoms with van der Waals surface area (Å²) >= 11 is 3.47. The molecule has 18 heavy (non-hydrogen) atoms. The van der Waals surface area contributed by atoms with Crippen molar-refractivity contribution in [1.82, 2.24) is 5.32 Å². The zero-order valence-corrected chi connectivity index (χ0v) is 12.3. The van der Waals surface area contributed by atoms with E-state index in [1.54, 1.807) is 0 Å². The summed E-state index contributed by atoms with van der Waals surface area (Å²) in [4.78, 5) is 10.7. The standard InChI is InChI=1S/C13H19BrN2O2/c1-3-16-8-10-7-11(14)6-9(2)13(10)18-5-4-12(15)17/h6-7,16H,3-5,8H2,1-2H3,(H2,15,17). The Kier molecular flexibility index (Phi) is 6.15. The van der Waals surface area contributed by atoms with Crippen LogP contribution in [0.25, 0.3) is 0 Å². The van der Waals surface area contributed by atoms with Gasteiger partial charge in [0.15, 0.2) is 0 Å². The van der Waals surface area contributed by atoms with E-state index in [-0.39, 0.29) is 12.3 Å². The van der Waals surface area contributed by atoms with Gasteiger partial charge in [0.1, 0.15) is 5.75 Å². The molecule has 0 aliphatic rings. The van der Waals surface area contributed by atoms with Gasteiger partial charge < -0.3 is 15.8 Å². The molecule has 0 spiro atoms. The van der Waals surface area contributed by atoms with Crippen LogP contribution in [0.1, 0.15) is 24.5 Å². The summed E-state index contributed by atoms with van der Waals surface area (Å²) in [7, 11) is 0. The third-order valence-corrected chi connectivity index (χ3v) is 2.93. The molecule has 1 aromatic carbocycles. The second kappa shape index (κ2) is 7.38. The summed E-state index contributed by atoms with van der Waals surface area (Å²) in [5, 5.41) is 3.27. The average Bonchev–Trinajstić information content (AvgIpc) is 2.28. The summed E-state index contributed by atoms with van der Waals surface area (Å²) in [6.07, 6.45) is 0.232. The molecule has 5 heteroatoms. The fourth-order valence-corrected chi connectivity index (χ4v) is 2.27. The van der Waals surface area contributed by atoms with Gasteiger partial charge in [0.2, 0.25) is 5.91 Å². The third-order valence-electron chi connectivity index (χ3n) is 2.48. The minimum atomic E-state index is -0.349. The van der Waals surface area contributed by atoms with Gasteiger partial charge in [-0.25, -0.2) is 0 Å². The number of carbonyl (C=O) groups is 1. The van der Waals surface area contributed by atoms with Gasteiger partial charge in [-0.1, -0.05) is 22.9 Å². The van der Waals surface area contributed by atoms with Gasteiger partial charge in [0.05, 0.1) is 13.0 Å². The molecule has 0 unspecified atom stereocenters. The number of halogens is 1. The number of aryl methyl sites for hydroxylation is 1. The van der Waals surface area contributed by atoms with E-state index in [4.69, 9.17) is 10.5 Å². The van der Waals surface area contributed by atoms with Gasteiger partial charge in [-0.15, -0.1) is 0 Å². The van der Waals surface area contributed by atoms with E-state index in [1.165, 1.54) is 0 Å². The smallest absolute Gasteiger partial charge is 0.220 e. The number of nitrogens with two attached hydrogens (primary N) is 1. The highest BCUT2D eigenvalue weighted by Crippen LogP contribution is 2.28. The number of carbonyl (C=O) groups excluding carboxylic acids is 1. The fourth-order valence-electron chi connectivity index (χ4n) is 1.65. The summed E-state index contributed by atoms with van der Waals surface area (Å²) < 4.78 is 6.69. The van der Waals surface area contributed by atoms with Gasteiger partial charge >= 0.3 is 0 Å². The molecule has 1 rings (SSSR count). The molecule has 0 fully saturated rings. The zero-order valence-electron chi connectivity index (χ0n) is 10.8. The molecule has 0 aromatic heterocycles. The Morgan fingerprint density at radius 3 is 2.83 bits per heavy atom. The van der Waals surface area contributed by atoms with Crippen LogP contribution in [-0.4, -0.2) is 19.1 Å². The van der Waals surface area contributed by atoms with E-state index >= 15 is 0 Å². The van der Waals surface area contributed by atoms with E-state index in [9.17, 15) is 4.79 Å². The Hall–Kier alpha value is -1.07. The van der Waals surface area contributed by atoms with Crippen molar-refractivity contribution in [3.05, 3.63) is 27.7 Å². The quantitative estimate of drug-likeness (QED) is 0.810. The fraction of sp³-hybridized carbons (Fsp3) is 0.462. The first-order chi connectivity index (χ1) is 8.54. The molecule has 4 nitrogen and oxygen atoms in total. The summed E-state index contributed by atoms with van der Waals surface area (Å²) in [5.41, 5.74) is 7.22. The van der Waals surface area contributed by atoms with E-state index in [0.29, 0.717) is 6.61 Å². The van der Waals surface area contributed by atoms with Crippen molar-refractivity contribution in [1.29, 1.82) is 0 Å². The molecule has 0 aliphatic heterocycles. The van der Waals surface area contributed by atoms with E-state index in [0.717, 1.165) is 34.4 Å². The maximum absolute atomic E-state index is 10.7. The second-order valence-corrected chi connectivity index (χ2v) is 4.97. The minimum absolute atomic E-state index is 0.232. The molecule has 0 saturated heterocycles. The summed E-state index contributed by atoms with van der Waals surface area (Å²) in [5.74, 6) is 0.485. The maximum atomic E-state index is 10.7. The van der Waals surface area contributed by atoms with Crippen molar-refractivity contribution >= 4 is 21.8 Å². The Balaban J connectivity index is 2.81. The van der Waals surface area contributed by atoms with Crippen LogP contribution in [0.2, 0.25) is 0 Å². The van der Waals surface area contributed by atoms with Gasteiger partial charge in [0.25, 0.3) is 0 Å². The number of nitrogens with one attached hydrogen (secondary N) is 1. The van der Waals surface area contributed by atoms with Crippen molar-refractivity contribution in [2.75, 3.05) is 13.2 Å². The number of hydrogen-bond donors (Lipinski definition) is 2. The van der Waals surface area contributed by atoms with Crippen LogP contribution in [0.5, 0.6) is 5.75 Å². The lowest BCUT2D eigenvalue weighted by molar-refractivity contribution is -0.118. The van der Waals surface area contributed by atoms with E-state index < -0.39 is 0 Å². The predicted molar refractivity (Wildman–Crippen MR) is 75.6 cm³/mol. The maximum Gasteiger partial charge on any atom is 0.220 e. The minimum Gasteiger partial charge on any atom is -0.492 e. The van der Waals surface area contributed by atoms with Crippen molar-refractivity contribution < 1.29 is 9.53 Å². The number of rotatable bonds is 7. The van der Waals surface area contributed by atoms with E-state index in [2.05, 4.69) is 28.2 Å². The molecule has 3 N–H and O–H groups in total. The SMILES string of the molecule is CCNCc1cc(Br)cc(C)c1OCCC(N)=O. The van der Waals surface area contributed by atoms with Gasteiger partial charge in [-0.05, 0) is 31.2 Å². The Morgan fingerprint density at radius 2 is 2.22 bits per heavy atom. The predicted octanol–water partition coefficient (Wildman–Crippen LogP) is 2.12. The van der Waals surface area contributed by atoms with Crippen LogP contribution in [0.3, 0.4) is 0 Å². The first kappa shape index (κ1) is 15.0. The normalized spacial score (nSPS) is 10.4. The first-order valence-electron chi connectivity index (χ1n) is 5.95. The van der Waals surface area contributed by atoms with Crippen LogP contribution >= 0.6 is 15.9 Å². The highest BCUT2D eigenvalue weighted by atomic mass is 79.9. The monoisotopic (exact) mass is 314 g/mol. The Labute approximate surface area is 116 Å². The van der Waals surface area contributed by atoms with Crippen LogP contribution in [-0.2, 0) is 11.3 Å². The van der Waals surface area contributed by atoms with Crippen LogP contribution in [0.4, 0.5) is 0 Å².